The maximum Gasteiger partial charge on any atom is 0.252 e. The van der Waals surface area contributed by atoms with Gasteiger partial charge in [0, 0.05) is 61.3 Å². The molecule has 4 heterocycles. The van der Waals surface area contributed by atoms with Gasteiger partial charge in [-0.15, -0.1) is 0 Å². The maximum absolute atomic E-state index is 9.57. The smallest absolute Gasteiger partial charge is 0.252 e. The van der Waals surface area contributed by atoms with Gasteiger partial charge in [-0.1, -0.05) is 275 Å². The number of hydrogen-bond acceptors (Lipinski definition) is 3. The molecule has 0 bridgehead atoms. The Morgan fingerprint density at radius 2 is 0.821 bits per heavy atom. The molecule has 0 amide bonds. The lowest BCUT2D eigenvalue weighted by atomic mass is 9.33. The van der Waals surface area contributed by atoms with E-state index in [1.807, 2.05) is 12.1 Å². The van der Waals surface area contributed by atoms with E-state index >= 15 is 0 Å². The zero-order valence-corrected chi connectivity index (χ0v) is 55.1. The number of furan rings is 1. The molecule has 0 saturated carbocycles. The molecule has 0 atom stereocenters. The molecule has 0 unspecified atom stereocenters. The first-order valence-corrected chi connectivity index (χ1v) is 33.2. The Bertz CT molecular complexity index is 5720. The van der Waals surface area contributed by atoms with E-state index in [4.69, 9.17) is 8.53 Å². The molecule has 2 aromatic heterocycles. The van der Waals surface area contributed by atoms with E-state index in [1.54, 1.807) is 0 Å². The fourth-order valence-electron chi connectivity index (χ4n) is 15.1. The average Bonchev–Trinajstić information content (AvgIpc) is 0.843. The third kappa shape index (κ3) is 9.57. The van der Waals surface area contributed by atoms with Crippen LogP contribution in [0.5, 0.6) is 0 Å². The molecule has 0 fully saturated rings. The summed E-state index contributed by atoms with van der Waals surface area (Å²) < 4.78 is 55.5. The first kappa shape index (κ1) is 52.6. The molecule has 0 aliphatic carbocycles. The summed E-state index contributed by atoms with van der Waals surface area (Å²) in [6.07, 6.45) is 0. The number of fused-ring (bicyclic) bond motifs is 10. The van der Waals surface area contributed by atoms with Crippen molar-refractivity contribution >= 4 is 101 Å². The third-order valence-electron chi connectivity index (χ3n) is 19.9. The van der Waals surface area contributed by atoms with Crippen LogP contribution in [0.2, 0.25) is 0 Å². The third-order valence-corrected chi connectivity index (χ3v) is 19.9. The number of hydrogen-bond donors (Lipinski definition) is 0. The van der Waals surface area contributed by atoms with Crippen molar-refractivity contribution in [2.75, 3.05) is 9.80 Å². The fraction of sp³-hybridized carbons (Fsp3) is 0.133. The second-order valence-corrected chi connectivity index (χ2v) is 28.9. The van der Waals surface area contributed by atoms with Gasteiger partial charge in [0.2, 0.25) is 0 Å². The second kappa shape index (κ2) is 21.9. The first-order chi connectivity index (χ1) is 48.1. The number of para-hydroxylation sites is 2. The summed E-state index contributed by atoms with van der Waals surface area (Å²) in [5.41, 5.74) is 25.6. The molecule has 4 nitrogen and oxygen atoms in total. The zero-order valence-electron chi connectivity index (χ0n) is 60.1. The molecular formula is C90H74BN3O. The van der Waals surface area contributed by atoms with Crippen molar-refractivity contribution in [3.63, 3.8) is 0 Å². The molecule has 15 aromatic rings. The molecule has 5 heteroatoms. The molecule has 17 rings (SSSR count). The Labute approximate surface area is 565 Å². The largest absolute Gasteiger partial charge is 0.456 e. The normalized spacial score (nSPS) is 13.8. The minimum absolute atomic E-state index is 0.0987. The van der Waals surface area contributed by atoms with Crippen LogP contribution in [0.15, 0.2) is 289 Å². The van der Waals surface area contributed by atoms with Crippen LogP contribution in [0.4, 0.5) is 34.1 Å². The van der Waals surface area contributed by atoms with Crippen LogP contribution < -0.4 is 26.2 Å². The standard InChI is InChI=1S/C90H74BN3O/c1-88(2,3)64-35-24-34-61(50-64)63-52-80-85-81(53-63)94(87-70(60-32-20-13-21-33-60)44-49-83-84(87)71-36-22-23-39-82(71)95-83)79-56-67(92-76-47-41-65(89(4,5)6)54-72(76)73-55-66(90(7,8)9)42-48-77(73)92)43-46-75(79)91(85)74-45-40-62(57-26-14-10-15-27-57)51-78(74)93(80)86-68(58-28-16-11-17-29-58)37-25-38-69(86)59-30-18-12-19-31-59/h10-56H,1-9H3/i10D,14D,15D,26D,27D. The van der Waals surface area contributed by atoms with Gasteiger partial charge in [-0.2, -0.15) is 0 Å². The highest BCUT2D eigenvalue weighted by atomic mass is 16.3. The van der Waals surface area contributed by atoms with Crippen molar-refractivity contribution in [2.24, 2.45) is 0 Å². The fourth-order valence-corrected chi connectivity index (χ4v) is 15.1. The summed E-state index contributed by atoms with van der Waals surface area (Å²) in [6, 6.07) is 90.9. The quantitative estimate of drug-likeness (QED) is 0.142. The predicted molar refractivity (Wildman–Crippen MR) is 405 cm³/mol. The van der Waals surface area contributed by atoms with Crippen LogP contribution in [0.1, 0.15) is 85.9 Å². The molecule has 13 aromatic carbocycles. The molecule has 0 N–H and O–H groups in total. The van der Waals surface area contributed by atoms with E-state index in [9.17, 15) is 2.74 Å². The molecule has 0 radical (unpaired) electrons. The van der Waals surface area contributed by atoms with E-state index in [0.717, 1.165) is 134 Å². The van der Waals surface area contributed by atoms with Gasteiger partial charge in [-0.3, -0.25) is 0 Å². The van der Waals surface area contributed by atoms with Crippen LogP contribution in [0, 0.1) is 0 Å². The average molecular weight is 1230 g/mol. The first-order valence-electron chi connectivity index (χ1n) is 35.7. The molecule has 0 saturated heterocycles. The number of anilines is 6. The van der Waals surface area contributed by atoms with Crippen molar-refractivity contribution < 1.29 is 11.3 Å². The number of nitrogens with zero attached hydrogens (tertiary/aromatic N) is 3. The van der Waals surface area contributed by atoms with Crippen LogP contribution in [0.3, 0.4) is 0 Å². The van der Waals surface area contributed by atoms with Crippen molar-refractivity contribution in [1.29, 1.82) is 0 Å². The molecule has 0 spiro atoms. The Hall–Kier alpha value is -10.9. The lowest BCUT2D eigenvalue weighted by Gasteiger charge is -2.46. The van der Waals surface area contributed by atoms with Crippen molar-refractivity contribution in [3.05, 3.63) is 302 Å². The Morgan fingerprint density at radius 1 is 0.337 bits per heavy atom. The van der Waals surface area contributed by atoms with Crippen molar-refractivity contribution in [2.45, 2.75) is 78.6 Å². The number of aromatic nitrogens is 1. The van der Waals surface area contributed by atoms with E-state index in [0.29, 0.717) is 5.56 Å². The highest BCUT2D eigenvalue weighted by Gasteiger charge is 2.46. The summed E-state index contributed by atoms with van der Waals surface area (Å²) in [4.78, 5) is 5.02. The molecular weight excluding hydrogens is 1150 g/mol. The Kier molecular flexibility index (Phi) is 12.1. The van der Waals surface area contributed by atoms with Gasteiger partial charge in [-0.25, -0.2) is 0 Å². The van der Waals surface area contributed by atoms with E-state index in [1.165, 1.54) is 27.5 Å². The lowest BCUT2D eigenvalue weighted by molar-refractivity contribution is 0.590. The number of rotatable bonds is 8. The highest BCUT2D eigenvalue weighted by molar-refractivity contribution is 7.00. The van der Waals surface area contributed by atoms with E-state index in [2.05, 4.69) is 319 Å². The van der Waals surface area contributed by atoms with E-state index < -0.39 is 12.8 Å². The van der Waals surface area contributed by atoms with Gasteiger partial charge in [0.1, 0.15) is 11.2 Å². The molecule has 95 heavy (non-hydrogen) atoms. The van der Waals surface area contributed by atoms with Gasteiger partial charge in [0.05, 0.1) is 34.6 Å². The summed E-state index contributed by atoms with van der Waals surface area (Å²) in [7, 11) is 0. The molecule has 2 aliphatic heterocycles. The Balaban J connectivity index is 1.07. The monoisotopic (exact) mass is 1230 g/mol. The van der Waals surface area contributed by atoms with E-state index in [-0.39, 0.29) is 46.0 Å². The topological polar surface area (TPSA) is 24.6 Å². The highest BCUT2D eigenvalue weighted by Crippen LogP contribution is 2.55. The summed E-state index contributed by atoms with van der Waals surface area (Å²) in [6.45, 7) is 20.1. The van der Waals surface area contributed by atoms with Gasteiger partial charge < -0.3 is 18.8 Å². The van der Waals surface area contributed by atoms with Gasteiger partial charge in [0.25, 0.3) is 6.71 Å². The summed E-state index contributed by atoms with van der Waals surface area (Å²) in [5, 5.41) is 4.38. The maximum atomic E-state index is 9.57. The summed E-state index contributed by atoms with van der Waals surface area (Å²) >= 11 is 0. The minimum Gasteiger partial charge on any atom is -0.456 e. The predicted octanol–water partition coefficient (Wildman–Crippen LogP) is 23.0. The van der Waals surface area contributed by atoms with Gasteiger partial charge in [-0.05, 0) is 161 Å². The minimum atomic E-state index is -0.438. The van der Waals surface area contributed by atoms with Crippen LogP contribution in [-0.4, -0.2) is 11.3 Å². The zero-order chi connectivity index (χ0) is 69.0. The van der Waals surface area contributed by atoms with Gasteiger partial charge >= 0.3 is 0 Å². The second-order valence-electron chi connectivity index (χ2n) is 28.9. The SMILES string of the molecule is [2H]c1c([2H])c([2H])c(-c2ccc3c(c2)N(c2c(-c4ccccc4)cccc2-c2ccccc2)c2cc(-c4cccc(C(C)(C)C)c4)cc4c2B3c2ccc(-n3c5ccc(C(C)(C)C)cc5c5cc(C(C)(C)C)ccc53)cc2N4c2c(-c3ccccc3)ccc3oc4ccccc4c23)c([2H])c1[2H]. The lowest BCUT2D eigenvalue weighted by Crippen LogP contribution is -2.61. The Morgan fingerprint density at radius 3 is 1.41 bits per heavy atom. The summed E-state index contributed by atoms with van der Waals surface area (Å²) in [5.74, 6) is 0. The van der Waals surface area contributed by atoms with Crippen LogP contribution >= 0.6 is 0 Å². The van der Waals surface area contributed by atoms with Crippen molar-refractivity contribution in [1.82, 2.24) is 4.57 Å². The molecule has 458 valence electrons. The van der Waals surface area contributed by atoms with Crippen LogP contribution in [0.25, 0.3) is 105 Å². The van der Waals surface area contributed by atoms with Crippen LogP contribution in [-0.2, 0) is 16.2 Å². The molecule has 2 aliphatic rings. The number of benzene rings is 13. The van der Waals surface area contributed by atoms with Crippen molar-refractivity contribution in [3.8, 4) is 61.3 Å². The van der Waals surface area contributed by atoms with Gasteiger partial charge in [0.15, 0.2) is 0 Å².